The number of rotatable bonds is 6. The summed E-state index contributed by atoms with van der Waals surface area (Å²) in [4.78, 5) is 0. The standard InChI is InChI=1S/C9H20N2O3S/c1-9(2-7-15(12,13)8-9)11-4-6-14-5-3-10/h11H,2-8,10H2,1H3. The molecule has 0 aromatic heterocycles. The van der Waals surface area contributed by atoms with Crippen molar-refractivity contribution in [2.45, 2.75) is 18.9 Å². The maximum atomic E-state index is 11.3. The Hall–Kier alpha value is -0.170. The van der Waals surface area contributed by atoms with Crippen LogP contribution in [-0.4, -0.2) is 51.8 Å². The molecular weight excluding hydrogens is 216 g/mol. The van der Waals surface area contributed by atoms with Crippen LogP contribution in [0.3, 0.4) is 0 Å². The predicted octanol–water partition coefficient (Wildman–Crippen LogP) is -0.871. The fraction of sp³-hybridized carbons (Fsp3) is 1.00. The van der Waals surface area contributed by atoms with Crippen molar-refractivity contribution in [1.29, 1.82) is 0 Å². The molecule has 1 atom stereocenters. The zero-order valence-corrected chi connectivity index (χ0v) is 9.98. The van der Waals surface area contributed by atoms with Crippen LogP contribution in [-0.2, 0) is 14.6 Å². The fourth-order valence-corrected chi connectivity index (χ4v) is 3.88. The predicted molar refractivity (Wildman–Crippen MR) is 59.6 cm³/mol. The molecule has 0 bridgehead atoms. The van der Waals surface area contributed by atoms with E-state index in [1.54, 1.807) is 0 Å². The smallest absolute Gasteiger partial charge is 0.152 e. The van der Waals surface area contributed by atoms with E-state index in [4.69, 9.17) is 10.5 Å². The summed E-state index contributed by atoms with van der Waals surface area (Å²) < 4.78 is 27.8. The second-order valence-corrected chi connectivity index (χ2v) is 6.41. The number of hydrogen-bond acceptors (Lipinski definition) is 5. The first-order chi connectivity index (χ1) is 6.97. The number of hydrogen-bond donors (Lipinski definition) is 2. The van der Waals surface area contributed by atoms with Crippen LogP contribution in [0.15, 0.2) is 0 Å². The molecule has 0 amide bonds. The summed E-state index contributed by atoms with van der Waals surface area (Å²) in [5.41, 5.74) is 5.00. The molecule has 0 aromatic carbocycles. The van der Waals surface area contributed by atoms with E-state index in [0.717, 1.165) is 0 Å². The Morgan fingerprint density at radius 3 is 2.73 bits per heavy atom. The highest BCUT2D eigenvalue weighted by Gasteiger charge is 2.37. The second kappa shape index (κ2) is 5.25. The van der Waals surface area contributed by atoms with Crippen molar-refractivity contribution in [2.75, 3.05) is 37.8 Å². The minimum atomic E-state index is -2.82. The average molecular weight is 236 g/mol. The lowest BCUT2D eigenvalue weighted by Gasteiger charge is -2.23. The van der Waals surface area contributed by atoms with E-state index in [-0.39, 0.29) is 11.3 Å². The summed E-state index contributed by atoms with van der Waals surface area (Å²) in [6.45, 7) is 4.27. The molecule has 1 rings (SSSR count). The van der Waals surface area contributed by atoms with Gasteiger partial charge in [-0.2, -0.15) is 0 Å². The normalized spacial score (nSPS) is 29.5. The zero-order chi connectivity index (χ0) is 11.4. The van der Waals surface area contributed by atoms with Crippen LogP contribution in [0.2, 0.25) is 0 Å². The van der Waals surface area contributed by atoms with E-state index in [1.807, 2.05) is 6.92 Å². The van der Waals surface area contributed by atoms with Crippen molar-refractivity contribution in [3.63, 3.8) is 0 Å². The topological polar surface area (TPSA) is 81.4 Å². The van der Waals surface area contributed by atoms with Gasteiger partial charge in [0, 0.05) is 18.6 Å². The molecule has 1 heterocycles. The highest BCUT2D eigenvalue weighted by molar-refractivity contribution is 7.91. The summed E-state index contributed by atoms with van der Waals surface area (Å²) >= 11 is 0. The molecular formula is C9H20N2O3S. The minimum Gasteiger partial charge on any atom is -0.379 e. The minimum absolute atomic E-state index is 0.233. The van der Waals surface area contributed by atoms with Crippen molar-refractivity contribution in [3.8, 4) is 0 Å². The van der Waals surface area contributed by atoms with E-state index in [0.29, 0.717) is 38.5 Å². The first-order valence-corrected chi connectivity index (χ1v) is 7.03. The van der Waals surface area contributed by atoms with Gasteiger partial charge in [-0.1, -0.05) is 0 Å². The van der Waals surface area contributed by atoms with Gasteiger partial charge < -0.3 is 15.8 Å². The van der Waals surface area contributed by atoms with E-state index in [1.165, 1.54) is 0 Å². The third kappa shape index (κ3) is 4.46. The van der Waals surface area contributed by atoms with E-state index in [2.05, 4.69) is 5.32 Å². The second-order valence-electron chi connectivity index (χ2n) is 4.23. The molecule has 0 aliphatic carbocycles. The van der Waals surface area contributed by atoms with Crippen molar-refractivity contribution in [3.05, 3.63) is 0 Å². The molecule has 0 radical (unpaired) electrons. The monoisotopic (exact) mass is 236 g/mol. The molecule has 0 spiro atoms. The first kappa shape index (κ1) is 12.9. The SMILES string of the molecule is CC1(NCCOCCN)CCS(=O)(=O)C1. The third-order valence-corrected chi connectivity index (χ3v) is 4.47. The Morgan fingerprint density at radius 2 is 2.20 bits per heavy atom. The van der Waals surface area contributed by atoms with Crippen LogP contribution < -0.4 is 11.1 Å². The Balaban J connectivity index is 2.21. The summed E-state index contributed by atoms with van der Waals surface area (Å²) in [6.07, 6.45) is 0.687. The molecule has 1 unspecified atom stereocenters. The van der Waals surface area contributed by atoms with Gasteiger partial charge in [-0.15, -0.1) is 0 Å². The number of ether oxygens (including phenoxy) is 1. The average Bonchev–Trinajstić information content (AvgIpc) is 2.41. The quantitative estimate of drug-likeness (QED) is 0.586. The van der Waals surface area contributed by atoms with Gasteiger partial charge in [-0.05, 0) is 13.3 Å². The maximum Gasteiger partial charge on any atom is 0.152 e. The van der Waals surface area contributed by atoms with Crippen molar-refractivity contribution < 1.29 is 13.2 Å². The van der Waals surface area contributed by atoms with Crippen LogP contribution in [0.1, 0.15) is 13.3 Å². The lowest BCUT2D eigenvalue weighted by Crippen LogP contribution is -2.45. The number of nitrogens with one attached hydrogen (secondary N) is 1. The summed E-state index contributed by atoms with van der Waals surface area (Å²) in [7, 11) is -2.82. The highest BCUT2D eigenvalue weighted by atomic mass is 32.2. The van der Waals surface area contributed by atoms with E-state index < -0.39 is 9.84 Å². The third-order valence-electron chi connectivity index (χ3n) is 2.56. The molecule has 15 heavy (non-hydrogen) atoms. The molecule has 1 aliphatic rings. The number of sulfone groups is 1. The van der Waals surface area contributed by atoms with Gasteiger partial charge in [-0.3, -0.25) is 0 Å². The zero-order valence-electron chi connectivity index (χ0n) is 9.16. The van der Waals surface area contributed by atoms with Gasteiger partial charge in [0.05, 0.1) is 24.7 Å². The molecule has 0 saturated carbocycles. The van der Waals surface area contributed by atoms with E-state index in [9.17, 15) is 8.42 Å². The molecule has 5 nitrogen and oxygen atoms in total. The van der Waals surface area contributed by atoms with Gasteiger partial charge in [-0.25, -0.2) is 8.42 Å². The Labute approximate surface area is 91.3 Å². The van der Waals surface area contributed by atoms with Gasteiger partial charge in [0.1, 0.15) is 0 Å². The lowest BCUT2D eigenvalue weighted by molar-refractivity contribution is 0.137. The molecule has 90 valence electrons. The van der Waals surface area contributed by atoms with Gasteiger partial charge in [0.2, 0.25) is 0 Å². The molecule has 6 heteroatoms. The fourth-order valence-electron chi connectivity index (χ4n) is 1.76. The molecule has 1 fully saturated rings. The lowest BCUT2D eigenvalue weighted by atomic mass is 10.0. The van der Waals surface area contributed by atoms with Crippen LogP contribution in [0.5, 0.6) is 0 Å². The van der Waals surface area contributed by atoms with Crippen LogP contribution in [0.4, 0.5) is 0 Å². The van der Waals surface area contributed by atoms with E-state index >= 15 is 0 Å². The maximum absolute atomic E-state index is 11.3. The molecule has 0 aromatic rings. The largest absolute Gasteiger partial charge is 0.379 e. The Bertz CT molecular complexity index is 292. The summed E-state index contributed by atoms with van der Waals surface area (Å²) in [5.74, 6) is 0.525. The van der Waals surface area contributed by atoms with Gasteiger partial charge in [0.25, 0.3) is 0 Å². The van der Waals surface area contributed by atoms with Crippen LogP contribution in [0, 0.1) is 0 Å². The molecule has 1 aliphatic heterocycles. The van der Waals surface area contributed by atoms with Gasteiger partial charge in [0.15, 0.2) is 9.84 Å². The summed E-state index contributed by atoms with van der Waals surface area (Å²) in [5, 5.41) is 3.23. The number of nitrogens with two attached hydrogens (primary N) is 1. The first-order valence-electron chi connectivity index (χ1n) is 5.21. The van der Waals surface area contributed by atoms with Crippen LogP contribution >= 0.6 is 0 Å². The van der Waals surface area contributed by atoms with Crippen molar-refractivity contribution in [1.82, 2.24) is 5.32 Å². The highest BCUT2D eigenvalue weighted by Crippen LogP contribution is 2.22. The van der Waals surface area contributed by atoms with Crippen molar-refractivity contribution >= 4 is 9.84 Å². The molecule has 1 saturated heterocycles. The Morgan fingerprint density at radius 1 is 1.47 bits per heavy atom. The van der Waals surface area contributed by atoms with Gasteiger partial charge >= 0.3 is 0 Å². The Kier molecular flexibility index (Phi) is 4.51. The molecule has 3 N–H and O–H groups in total. The van der Waals surface area contributed by atoms with Crippen LogP contribution in [0.25, 0.3) is 0 Å². The summed E-state index contributed by atoms with van der Waals surface area (Å²) in [6, 6.07) is 0. The van der Waals surface area contributed by atoms with Crippen molar-refractivity contribution in [2.24, 2.45) is 5.73 Å².